The Morgan fingerprint density at radius 3 is 2.84 bits per heavy atom. The third-order valence-corrected chi connectivity index (χ3v) is 3.73. The summed E-state index contributed by atoms with van der Waals surface area (Å²) < 4.78 is 26.7. The standard InChI is InChI=1S/C16H21F2N/c1-12(14-8-5-9-15(17)16(14)18)19-11-10-13-6-3-2-4-7-13/h5-6,8-9,12,19H,2-4,7,10-11H2,1H3. The fraction of sp³-hybridized carbons (Fsp3) is 0.500. The molecule has 0 radical (unpaired) electrons. The summed E-state index contributed by atoms with van der Waals surface area (Å²) >= 11 is 0. The zero-order chi connectivity index (χ0) is 13.7. The van der Waals surface area contributed by atoms with Gasteiger partial charge in [0.25, 0.3) is 0 Å². The Morgan fingerprint density at radius 2 is 2.11 bits per heavy atom. The predicted octanol–water partition coefficient (Wildman–Crippen LogP) is 4.51. The lowest BCUT2D eigenvalue weighted by Crippen LogP contribution is -2.21. The molecule has 19 heavy (non-hydrogen) atoms. The first-order valence-electron chi connectivity index (χ1n) is 7.03. The minimum atomic E-state index is -0.777. The fourth-order valence-corrected chi connectivity index (χ4v) is 2.55. The normalized spacial score (nSPS) is 17.1. The van der Waals surface area contributed by atoms with Crippen molar-refractivity contribution in [3.05, 3.63) is 47.0 Å². The average molecular weight is 265 g/mol. The van der Waals surface area contributed by atoms with Gasteiger partial charge in [-0.1, -0.05) is 23.8 Å². The monoisotopic (exact) mass is 265 g/mol. The number of halogens is 2. The van der Waals surface area contributed by atoms with E-state index in [1.165, 1.54) is 31.3 Å². The van der Waals surface area contributed by atoms with Crippen LogP contribution in [0.5, 0.6) is 0 Å². The van der Waals surface area contributed by atoms with Crippen molar-refractivity contribution in [1.82, 2.24) is 5.32 Å². The highest BCUT2D eigenvalue weighted by Gasteiger charge is 2.13. The van der Waals surface area contributed by atoms with Gasteiger partial charge in [0, 0.05) is 11.6 Å². The molecule has 0 bridgehead atoms. The maximum absolute atomic E-state index is 13.6. The molecule has 1 unspecified atom stereocenters. The summed E-state index contributed by atoms with van der Waals surface area (Å²) in [6.45, 7) is 2.68. The highest BCUT2D eigenvalue weighted by atomic mass is 19.2. The smallest absolute Gasteiger partial charge is 0.163 e. The zero-order valence-corrected chi connectivity index (χ0v) is 11.4. The molecule has 1 atom stereocenters. The SMILES string of the molecule is CC(NCCC1=CCCCC1)c1cccc(F)c1F. The van der Waals surface area contributed by atoms with Crippen LogP contribution in [0.3, 0.4) is 0 Å². The number of hydrogen-bond donors (Lipinski definition) is 1. The van der Waals surface area contributed by atoms with Gasteiger partial charge in [0.1, 0.15) is 0 Å². The average Bonchev–Trinajstić information content (AvgIpc) is 2.43. The number of benzene rings is 1. The lowest BCUT2D eigenvalue weighted by Gasteiger charge is -2.17. The first-order chi connectivity index (χ1) is 9.18. The van der Waals surface area contributed by atoms with E-state index in [4.69, 9.17) is 0 Å². The predicted molar refractivity (Wildman–Crippen MR) is 73.9 cm³/mol. The first-order valence-corrected chi connectivity index (χ1v) is 7.03. The Hall–Kier alpha value is -1.22. The van der Waals surface area contributed by atoms with Crippen molar-refractivity contribution >= 4 is 0 Å². The molecule has 0 amide bonds. The Bertz CT molecular complexity index is 454. The van der Waals surface area contributed by atoms with Gasteiger partial charge >= 0.3 is 0 Å². The Kier molecular flexibility index (Phi) is 5.08. The second-order valence-corrected chi connectivity index (χ2v) is 5.18. The quantitative estimate of drug-likeness (QED) is 0.773. The van der Waals surface area contributed by atoms with Gasteiger partial charge in [0.15, 0.2) is 11.6 Å². The molecule has 1 aliphatic rings. The van der Waals surface area contributed by atoms with E-state index in [-0.39, 0.29) is 6.04 Å². The van der Waals surface area contributed by atoms with Crippen molar-refractivity contribution in [3.8, 4) is 0 Å². The molecule has 0 fully saturated rings. The Morgan fingerprint density at radius 1 is 1.26 bits per heavy atom. The second kappa shape index (κ2) is 6.80. The van der Waals surface area contributed by atoms with Crippen LogP contribution in [0, 0.1) is 11.6 Å². The molecule has 104 valence electrons. The highest BCUT2D eigenvalue weighted by molar-refractivity contribution is 5.22. The number of nitrogens with one attached hydrogen (secondary N) is 1. The molecule has 1 N–H and O–H groups in total. The molecule has 0 heterocycles. The van der Waals surface area contributed by atoms with Gasteiger partial charge in [-0.25, -0.2) is 8.78 Å². The van der Waals surface area contributed by atoms with Crippen LogP contribution in [0.2, 0.25) is 0 Å². The topological polar surface area (TPSA) is 12.0 Å². The van der Waals surface area contributed by atoms with Crippen LogP contribution in [0.25, 0.3) is 0 Å². The molecule has 1 aliphatic carbocycles. The van der Waals surface area contributed by atoms with Crippen molar-refractivity contribution in [3.63, 3.8) is 0 Å². The van der Waals surface area contributed by atoms with Crippen molar-refractivity contribution in [2.45, 2.75) is 45.1 Å². The number of hydrogen-bond acceptors (Lipinski definition) is 1. The van der Waals surface area contributed by atoms with Crippen LogP contribution in [0.1, 0.15) is 50.6 Å². The van der Waals surface area contributed by atoms with E-state index in [2.05, 4.69) is 11.4 Å². The Labute approximate surface area is 113 Å². The van der Waals surface area contributed by atoms with E-state index in [1.807, 2.05) is 6.92 Å². The van der Waals surface area contributed by atoms with Crippen LogP contribution in [0.15, 0.2) is 29.8 Å². The summed E-state index contributed by atoms with van der Waals surface area (Å²) in [5, 5.41) is 3.27. The van der Waals surface area contributed by atoms with Crippen LogP contribution in [0.4, 0.5) is 8.78 Å². The maximum Gasteiger partial charge on any atom is 0.163 e. The van der Waals surface area contributed by atoms with E-state index >= 15 is 0 Å². The Balaban J connectivity index is 1.85. The largest absolute Gasteiger partial charge is 0.310 e. The molecule has 0 aromatic heterocycles. The van der Waals surface area contributed by atoms with Crippen LogP contribution >= 0.6 is 0 Å². The molecular formula is C16H21F2N. The lowest BCUT2D eigenvalue weighted by molar-refractivity contribution is 0.472. The first kappa shape index (κ1) is 14.2. The summed E-state index contributed by atoms with van der Waals surface area (Å²) in [6.07, 6.45) is 8.26. The number of rotatable bonds is 5. The summed E-state index contributed by atoms with van der Waals surface area (Å²) in [7, 11) is 0. The molecule has 3 heteroatoms. The van der Waals surface area contributed by atoms with E-state index in [0.717, 1.165) is 19.0 Å². The van der Waals surface area contributed by atoms with Gasteiger partial charge < -0.3 is 5.32 Å². The van der Waals surface area contributed by atoms with Gasteiger partial charge in [0.2, 0.25) is 0 Å². The maximum atomic E-state index is 13.6. The molecule has 1 aromatic rings. The molecule has 2 rings (SSSR count). The van der Waals surface area contributed by atoms with Crippen molar-refractivity contribution in [2.24, 2.45) is 0 Å². The van der Waals surface area contributed by atoms with Gasteiger partial charge in [-0.05, 0) is 51.6 Å². The second-order valence-electron chi connectivity index (χ2n) is 5.18. The summed E-state index contributed by atoms with van der Waals surface area (Å²) in [6, 6.07) is 4.17. The van der Waals surface area contributed by atoms with E-state index in [1.54, 1.807) is 12.1 Å². The minimum Gasteiger partial charge on any atom is -0.310 e. The van der Waals surface area contributed by atoms with Gasteiger partial charge in [-0.3, -0.25) is 0 Å². The molecule has 0 aliphatic heterocycles. The third kappa shape index (κ3) is 3.87. The summed E-state index contributed by atoms with van der Waals surface area (Å²) in [5.41, 5.74) is 1.89. The van der Waals surface area contributed by atoms with Crippen molar-refractivity contribution in [1.29, 1.82) is 0 Å². The third-order valence-electron chi connectivity index (χ3n) is 3.73. The molecule has 1 nitrogen and oxygen atoms in total. The van der Waals surface area contributed by atoms with Crippen molar-refractivity contribution < 1.29 is 8.78 Å². The molecule has 0 saturated carbocycles. The molecular weight excluding hydrogens is 244 g/mol. The molecule has 0 saturated heterocycles. The van der Waals surface area contributed by atoms with E-state index in [0.29, 0.717) is 5.56 Å². The van der Waals surface area contributed by atoms with Gasteiger partial charge in [-0.15, -0.1) is 0 Å². The van der Waals surface area contributed by atoms with Crippen LogP contribution < -0.4 is 5.32 Å². The summed E-state index contributed by atoms with van der Waals surface area (Å²) in [5.74, 6) is -1.51. The molecule has 1 aromatic carbocycles. The number of allylic oxidation sites excluding steroid dienone is 1. The molecule has 0 spiro atoms. The summed E-state index contributed by atoms with van der Waals surface area (Å²) in [4.78, 5) is 0. The highest BCUT2D eigenvalue weighted by Crippen LogP contribution is 2.21. The van der Waals surface area contributed by atoms with Gasteiger partial charge in [0.05, 0.1) is 0 Å². The van der Waals surface area contributed by atoms with E-state index < -0.39 is 11.6 Å². The van der Waals surface area contributed by atoms with Crippen LogP contribution in [-0.2, 0) is 0 Å². The van der Waals surface area contributed by atoms with E-state index in [9.17, 15) is 8.78 Å². The zero-order valence-electron chi connectivity index (χ0n) is 11.4. The lowest BCUT2D eigenvalue weighted by atomic mass is 9.97. The van der Waals surface area contributed by atoms with Gasteiger partial charge in [-0.2, -0.15) is 0 Å². The van der Waals surface area contributed by atoms with Crippen LogP contribution in [-0.4, -0.2) is 6.54 Å². The fourth-order valence-electron chi connectivity index (χ4n) is 2.55. The van der Waals surface area contributed by atoms with Crippen molar-refractivity contribution in [2.75, 3.05) is 6.54 Å². The minimum absolute atomic E-state index is 0.167.